The first kappa shape index (κ1) is 17.7. The predicted octanol–water partition coefficient (Wildman–Crippen LogP) is 4.25. The van der Waals surface area contributed by atoms with Gasteiger partial charge in [-0.2, -0.15) is 0 Å². The van der Waals surface area contributed by atoms with Crippen LogP contribution < -0.4 is 10.2 Å². The molecule has 1 fully saturated rings. The molecule has 0 bridgehead atoms. The predicted molar refractivity (Wildman–Crippen MR) is 108 cm³/mol. The van der Waals surface area contributed by atoms with E-state index in [1.807, 2.05) is 12.1 Å². The van der Waals surface area contributed by atoms with Gasteiger partial charge in [-0.3, -0.25) is 0 Å². The summed E-state index contributed by atoms with van der Waals surface area (Å²) in [6, 6.07) is 9.03. The molecular weight excluding hydrogens is 344 g/mol. The number of hydrogen-bond acceptors (Lipinski definition) is 4. The molecule has 2 aliphatic rings. The Balaban J connectivity index is 1.84. The molecule has 0 radical (unpaired) electrons. The number of nitrogens with zero attached hydrogens (tertiary/aromatic N) is 3. The van der Waals surface area contributed by atoms with Gasteiger partial charge in [0.2, 0.25) is 5.95 Å². The number of benzene rings is 1. The molecule has 1 aromatic carbocycles. The molecule has 138 valence electrons. The zero-order chi connectivity index (χ0) is 18.1. The van der Waals surface area contributed by atoms with Crippen LogP contribution in [0.1, 0.15) is 44.4 Å². The highest BCUT2D eigenvalue weighted by Crippen LogP contribution is 2.32. The van der Waals surface area contributed by atoms with Crippen molar-refractivity contribution in [1.82, 2.24) is 15.3 Å². The van der Waals surface area contributed by atoms with Crippen LogP contribution in [0, 0.1) is 0 Å². The number of halogens is 1. The van der Waals surface area contributed by atoms with Crippen LogP contribution in [-0.2, 0) is 12.8 Å². The van der Waals surface area contributed by atoms with Gasteiger partial charge in [0, 0.05) is 41.2 Å². The summed E-state index contributed by atoms with van der Waals surface area (Å²) in [4.78, 5) is 12.6. The maximum Gasteiger partial charge on any atom is 0.226 e. The Kier molecular flexibility index (Phi) is 5.14. The van der Waals surface area contributed by atoms with Crippen molar-refractivity contribution in [3.8, 4) is 11.3 Å². The molecule has 3 heterocycles. The number of piperidine rings is 1. The van der Waals surface area contributed by atoms with Crippen molar-refractivity contribution >= 4 is 17.5 Å². The summed E-state index contributed by atoms with van der Waals surface area (Å²) in [7, 11) is 0. The molecule has 1 N–H and O–H groups in total. The zero-order valence-corrected chi connectivity index (χ0v) is 16.4. The maximum absolute atomic E-state index is 6.11. The van der Waals surface area contributed by atoms with E-state index in [1.54, 1.807) is 0 Å². The van der Waals surface area contributed by atoms with Crippen LogP contribution >= 0.6 is 11.6 Å². The van der Waals surface area contributed by atoms with E-state index in [1.165, 1.54) is 30.5 Å². The minimum absolute atomic E-state index is 0.485. The molecular formula is C21H27ClN4. The third-order valence-corrected chi connectivity index (χ3v) is 5.97. The van der Waals surface area contributed by atoms with E-state index in [9.17, 15) is 0 Å². The lowest BCUT2D eigenvalue weighted by molar-refractivity contribution is 0.407. The summed E-state index contributed by atoms with van der Waals surface area (Å²) in [6.45, 7) is 6.56. The lowest BCUT2D eigenvalue weighted by Gasteiger charge is -2.39. The van der Waals surface area contributed by atoms with Crippen molar-refractivity contribution in [3.63, 3.8) is 0 Å². The number of nitrogens with one attached hydrogen (secondary N) is 1. The summed E-state index contributed by atoms with van der Waals surface area (Å²) in [6.07, 6.45) is 5.64. The second-order valence-corrected chi connectivity index (χ2v) is 8.03. The van der Waals surface area contributed by atoms with Gasteiger partial charge in [-0.15, -0.1) is 0 Å². The molecule has 0 amide bonds. The Morgan fingerprint density at radius 3 is 2.42 bits per heavy atom. The van der Waals surface area contributed by atoms with E-state index in [0.29, 0.717) is 12.1 Å². The van der Waals surface area contributed by atoms with Crippen molar-refractivity contribution in [1.29, 1.82) is 0 Å². The van der Waals surface area contributed by atoms with Crippen molar-refractivity contribution in [2.24, 2.45) is 0 Å². The number of aromatic nitrogens is 2. The summed E-state index contributed by atoms with van der Waals surface area (Å²) in [5.74, 6) is 0.898. The molecule has 4 rings (SSSR count). The Hall–Kier alpha value is -1.65. The lowest BCUT2D eigenvalue weighted by Crippen LogP contribution is -2.45. The number of hydrogen-bond donors (Lipinski definition) is 1. The molecule has 1 aromatic heterocycles. The summed E-state index contributed by atoms with van der Waals surface area (Å²) in [5, 5.41) is 4.25. The third-order valence-electron chi connectivity index (χ3n) is 5.71. The van der Waals surface area contributed by atoms with E-state index >= 15 is 0 Å². The minimum atomic E-state index is 0.485. The average Bonchev–Trinajstić information content (AvgIpc) is 2.87. The minimum Gasteiger partial charge on any atom is -0.335 e. The highest BCUT2D eigenvalue weighted by Gasteiger charge is 2.29. The van der Waals surface area contributed by atoms with Crippen LogP contribution in [0.3, 0.4) is 0 Å². The van der Waals surface area contributed by atoms with Gasteiger partial charge in [0.15, 0.2) is 0 Å². The van der Waals surface area contributed by atoms with E-state index in [-0.39, 0.29) is 0 Å². The third kappa shape index (κ3) is 3.45. The first-order valence-corrected chi connectivity index (χ1v) is 10.2. The van der Waals surface area contributed by atoms with Gasteiger partial charge in [0.05, 0.1) is 11.4 Å². The molecule has 0 unspecified atom stereocenters. The van der Waals surface area contributed by atoms with Gasteiger partial charge >= 0.3 is 0 Å². The van der Waals surface area contributed by atoms with Gasteiger partial charge in [0.1, 0.15) is 0 Å². The molecule has 5 heteroatoms. The molecule has 26 heavy (non-hydrogen) atoms. The summed E-state index contributed by atoms with van der Waals surface area (Å²) >= 11 is 6.11. The number of rotatable bonds is 2. The molecule has 0 aliphatic carbocycles. The Bertz CT molecular complexity index is 764. The standard InChI is InChI=1S/C21H27ClN4/c1-14-4-3-5-15(2)26(14)21-24-19-11-13-23-12-10-18(19)20(25-21)16-6-8-17(22)9-7-16/h6-9,14-15,23H,3-5,10-13H2,1-2H3/t14-,15+. The molecule has 4 nitrogen and oxygen atoms in total. The van der Waals surface area contributed by atoms with Crippen molar-refractivity contribution in [2.75, 3.05) is 18.0 Å². The Morgan fingerprint density at radius 2 is 1.69 bits per heavy atom. The summed E-state index contributed by atoms with van der Waals surface area (Å²) in [5.41, 5.74) is 4.71. The van der Waals surface area contributed by atoms with E-state index in [4.69, 9.17) is 21.6 Å². The van der Waals surface area contributed by atoms with Crippen LogP contribution in [0.15, 0.2) is 24.3 Å². The smallest absolute Gasteiger partial charge is 0.226 e. The van der Waals surface area contributed by atoms with Crippen molar-refractivity contribution < 1.29 is 0 Å². The Morgan fingerprint density at radius 1 is 1.00 bits per heavy atom. The zero-order valence-electron chi connectivity index (χ0n) is 15.6. The highest BCUT2D eigenvalue weighted by molar-refractivity contribution is 6.30. The molecule has 2 aromatic rings. The summed E-state index contributed by atoms with van der Waals surface area (Å²) < 4.78 is 0. The molecule has 2 aliphatic heterocycles. The normalized spacial score (nSPS) is 23.4. The van der Waals surface area contributed by atoms with Gasteiger partial charge in [-0.1, -0.05) is 23.7 Å². The van der Waals surface area contributed by atoms with Crippen LogP contribution in [0.4, 0.5) is 5.95 Å². The van der Waals surface area contributed by atoms with Gasteiger partial charge in [0.25, 0.3) is 0 Å². The second kappa shape index (κ2) is 7.53. The fourth-order valence-corrected chi connectivity index (χ4v) is 4.44. The average molecular weight is 371 g/mol. The number of fused-ring (bicyclic) bond motifs is 1. The quantitative estimate of drug-likeness (QED) is 0.857. The molecule has 1 saturated heterocycles. The van der Waals surface area contributed by atoms with Gasteiger partial charge in [-0.25, -0.2) is 9.97 Å². The van der Waals surface area contributed by atoms with E-state index < -0.39 is 0 Å². The van der Waals surface area contributed by atoms with Crippen LogP contribution in [-0.4, -0.2) is 35.1 Å². The fourth-order valence-electron chi connectivity index (χ4n) is 4.31. The van der Waals surface area contributed by atoms with E-state index in [0.717, 1.165) is 48.2 Å². The van der Waals surface area contributed by atoms with Crippen LogP contribution in [0.25, 0.3) is 11.3 Å². The van der Waals surface area contributed by atoms with Gasteiger partial charge < -0.3 is 10.2 Å². The molecule has 0 spiro atoms. The number of anilines is 1. The van der Waals surface area contributed by atoms with Gasteiger partial charge in [-0.05, 0) is 58.2 Å². The lowest BCUT2D eigenvalue weighted by atomic mass is 9.97. The second-order valence-electron chi connectivity index (χ2n) is 7.59. The largest absolute Gasteiger partial charge is 0.335 e. The first-order valence-electron chi connectivity index (χ1n) is 9.78. The van der Waals surface area contributed by atoms with Crippen molar-refractivity contribution in [2.45, 2.75) is 58.0 Å². The first-order chi connectivity index (χ1) is 12.6. The van der Waals surface area contributed by atoms with E-state index in [2.05, 4.69) is 36.2 Å². The molecule has 0 saturated carbocycles. The topological polar surface area (TPSA) is 41.1 Å². The SMILES string of the molecule is C[C@@H]1CCC[C@H](C)N1c1nc2c(c(-c3ccc(Cl)cc3)n1)CCNCC2. The van der Waals surface area contributed by atoms with Crippen molar-refractivity contribution in [3.05, 3.63) is 40.5 Å². The highest BCUT2D eigenvalue weighted by atomic mass is 35.5. The Labute approximate surface area is 161 Å². The fraction of sp³-hybridized carbons (Fsp3) is 0.524. The van der Waals surface area contributed by atoms with Crippen LogP contribution in [0.5, 0.6) is 0 Å². The maximum atomic E-state index is 6.11. The van der Waals surface area contributed by atoms with Crippen LogP contribution in [0.2, 0.25) is 5.02 Å². The molecule has 2 atom stereocenters. The monoisotopic (exact) mass is 370 g/mol.